The maximum atomic E-state index is 12.6. The molecular formula is C17H16N4O2S. The topological polar surface area (TPSA) is 88.0 Å². The van der Waals surface area contributed by atoms with Crippen molar-refractivity contribution in [2.75, 3.05) is 5.32 Å². The molecule has 3 aromatic rings. The Hall–Kier alpha value is -2.54. The summed E-state index contributed by atoms with van der Waals surface area (Å²) in [7, 11) is 0. The van der Waals surface area contributed by atoms with E-state index in [9.17, 15) is 9.90 Å². The van der Waals surface area contributed by atoms with Crippen molar-refractivity contribution in [2.24, 2.45) is 0 Å². The minimum absolute atomic E-state index is 0.0587. The van der Waals surface area contributed by atoms with Gasteiger partial charge in [0.15, 0.2) is 11.6 Å². The van der Waals surface area contributed by atoms with E-state index in [0.717, 1.165) is 40.1 Å². The van der Waals surface area contributed by atoms with Gasteiger partial charge in [0, 0.05) is 17.5 Å². The van der Waals surface area contributed by atoms with Crippen LogP contribution in [0.15, 0.2) is 18.3 Å². The molecule has 0 aromatic carbocycles. The Kier molecular flexibility index (Phi) is 3.45. The van der Waals surface area contributed by atoms with E-state index >= 15 is 0 Å². The lowest BCUT2D eigenvalue weighted by atomic mass is 10.1. The Morgan fingerprint density at radius 3 is 2.83 bits per heavy atom. The van der Waals surface area contributed by atoms with E-state index in [1.807, 2.05) is 13.8 Å². The Balaban J connectivity index is 1.73. The first-order chi connectivity index (χ1) is 11.5. The zero-order valence-electron chi connectivity index (χ0n) is 13.3. The van der Waals surface area contributed by atoms with Gasteiger partial charge in [-0.05, 0) is 44.4 Å². The third-order valence-corrected chi connectivity index (χ3v) is 5.34. The van der Waals surface area contributed by atoms with Gasteiger partial charge in [-0.3, -0.25) is 4.79 Å². The summed E-state index contributed by atoms with van der Waals surface area (Å²) in [5.74, 6) is 1.16. The highest BCUT2D eigenvalue weighted by Crippen LogP contribution is 2.40. The van der Waals surface area contributed by atoms with E-state index < -0.39 is 0 Å². The van der Waals surface area contributed by atoms with Crippen molar-refractivity contribution in [2.45, 2.75) is 32.6 Å². The van der Waals surface area contributed by atoms with Gasteiger partial charge >= 0.3 is 0 Å². The molecule has 0 bridgehead atoms. The van der Waals surface area contributed by atoms with Crippen molar-refractivity contribution >= 4 is 33.3 Å². The summed E-state index contributed by atoms with van der Waals surface area (Å²) in [5.41, 5.74) is 1.78. The van der Waals surface area contributed by atoms with Crippen LogP contribution in [0.2, 0.25) is 0 Å². The molecule has 0 unspecified atom stereocenters. The first-order valence-electron chi connectivity index (χ1n) is 7.77. The Labute approximate surface area is 142 Å². The number of thiophene rings is 1. The number of aryl methyl sites for hydroxylation is 2. The van der Waals surface area contributed by atoms with Crippen LogP contribution in [-0.2, 0) is 0 Å². The van der Waals surface area contributed by atoms with Crippen molar-refractivity contribution in [1.29, 1.82) is 0 Å². The summed E-state index contributed by atoms with van der Waals surface area (Å²) in [6.07, 6.45) is 3.80. The smallest absolute Gasteiger partial charge is 0.267 e. The molecule has 1 aliphatic carbocycles. The molecule has 4 rings (SSSR count). The third kappa shape index (κ3) is 2.50. The van der Waals surface area contributed by atoms with Gasteiger partial charge < -0.3 is 10.4 Å². The molecule has 3 heterocycles. The molecule has 3 aromatic heterocycles. The highest BCUT2D eigenvalue weighted by Gasteiger charge is 2.28. The number of hydrogen-bond acceptors (Lipinski definition) is 6. The maximum absolute atomic E-state index is 12.6. The fourth-order valence-electron chi connectivity index (χ4n) is 2.76. The number of carbonyl (C=O) groups excluding carboxylic acids is 1. The monoisotopic (exact) mass is 340 g/mol. The van der Waals surface area contributed by atoms with Crippen molar-refractivity contribution in [3.05, 3.63) is 40.3 Å². The minimum Gasteiger partial charge on any atom is -0.504 e. The number of hydrogen-bond donors (Lipinski definition) is 2. The number of nitrogens with zero attached hydrogens (tertiary/aromatic N) is 3. The highest BCUT2D eigenvalue weighted by atomic mass is 32.1. The lowest BCUT2D eigenvalue weighted by Gasteiger charge is -2.05. The Bertz CT molecular complexity index is 963. The number of rotatable bonds is 3. The standard InChI is InChI=1S/C17H16N4O2S/c1-8-12-9(2)19-14(10-5-6-10)21-17(12)24-13(8)16(23)20-15-11(22)4-3-7-18-15/h3-4,7,10,22H,5-6H2,1-2H3,(H,18,20,23). The second kappa shape index (κ2) is 5.52. The maximum Gasteiger partial charge on any atom is 0.267 e. The predicted octanol–water partition coefficient (Wildman–Crippen LogP) is 3.54. The van der Waals surface area contributed by atoms with E-state index in [0.29, 0.717) is 10.8 Å². The summed E-state index contributed by atoms with van der Waals surface area (Å²) in [5, 5.41) is 13.4. The third-order valence-electron chi connectivity index (χ3n) is 4.16. The molecular weight excluding hydrogens is 324 g/mol. The van der Waals surface area contributed by atoms with E-state index in [1.54, 1.807) is 6.07 Å². The summed E-state index contributed by atoms with van der Waals surface area (Å²) in [6.45, 7) is 3.86. The number of aromatic hydroxyl groups is 1. The predicted molar refractivity (Wildman–Crippen MR) is 92.7 cm³/mol. The summed E-state index contributed by atoms with van der Waals surface area (Å²) in [6, 6.07) is 3.09. The van der Waals surface area contributed by atoms with Gasteiger partial charge in [-0.25, -0.2) is 15.0 Å². The molecule has 1 aliphatic rings. The van der Waals surface area contributed by atoms with Crippen molar-refractivity contribution < 1.29 is 9.90 Å². The van der Waals surface area contributed by atoms with Crippen LogP contribution in [0.4, 0.5) is 5.82 Å². The lowest BCUT2D eigenvalue weighted by molar-refractivity contribution is 0.102. The van der Waals surface area contributed by atoms with Gasteiger partial charge in [-0.1, -0.05) is 0 Å². The number of anilines is 1. The summed E-state index contributed by atoms with van der Waals surface area (Å²) in [4.78, 5) is 27.3. The number of nitrogens with one attached hydrogen (secondary N) is 1. The van der Waals surface area contributed by atoms with Crippen molar-refractivity contribution in [3.63, 3.8) is 0 Å². The van der Waals surface area contributed by atoms with E-state index in [-0.39, 0.29) is 17.5 Å². The molecule has 24 heavy (non-hydrogen) atoms. The molecule has 0 aliphatic heterocycles. The molecule has 122 valence electrons. The fraction of sp³-hybridized carbons (Fsp3) is 0.294. The molecule has 7 heteroatoms. The SMILES string of the molecule is Cc1nc(C2CC2)nc2sc(C(=O)Nc3ncccc3O)c(C)c12. The minimum atomic E-state index is -0.295. The lowest BCUT2D eigenvalue weighted by Crippen LogP contribution is -2.12. The first kappa shape index (κ1) is 15.0. The van der Waals surface area contributed by atoms with Gasteiger partial charge in [0.25, 0.3) is 5.91 Å². The molecule has 1 fully saturated rings. The summed E-state index contributed by atoms with van der Waals surface area (Å²) >= 11 is 1.36. The van der Waals surface area contributed by atoms with Crippen LogP contribution in [0.3, 0.4) is 0 Å². The van der Waals surface area contributed by atoms with Crippen LogP contribution in [-0.4, -0.2) is 26.0 Å². The molecule has 0 radical (unpaired) electrons. The number of amides is 1. The van der Waals surface area contributed by atoms with Gasteiger partial charge in [0.05, 0.1) is 10.6 Å². The van der Waals surface area contributed by atoms with Crippen molar-refractivity contribution in [3.8, 4) is 5.75 Å². The summed E-state index contributed by atoms with van der Waals surface area (Å²) < 4.78 is 0. The van der Waals surface area contributed by atoms with E-state index in [2.05, 4.69) is 20.3 Å². The number of carbonyl (C=O) groups is 1. The Morgan fingerprint density at radius 1 is 1.33 bits per heavy atom. The van der Waals surface area contributed by atoms with Crippen molar-refractivity contribution in [1.82, 2.24) is 15.0 Å². The Morgan fingerprint density at radius 2 is 2.12 bits per heavy atom. The molecule has 0 saturated heterocycles. The van der Waals surface area contributed by atoms with Gasteiger partial charge in [-0.2, -0.15) is 0 Å². The van der Waals surface area contributed by atoms with Crippen LogP contribution in [0, 0.1) is 13.8 Å². The van der Waals surface area contributed by atoms with Crippen LogP contribution in [0.25, 0.3) is 10.2 Å². The quantitative estimate of drug-likeness (QED) is 0.761. The number of pyridine rings is 1. The zero-order chi connectivity index (χ0) is 16.8. The zero-order valence-corrected chi connectivity index (χ0v) is 14.1. The van der Waals surface area contributed by atoms with Crippen LogP contribution >= 0.6 is 11.3 Å². The number of fused-ring (bicyclic) bond motifs is 1. The molecule has 0 spiro atoms. The van der Waals surface area contributed by atoms with Crippen LogP contribution in [0.5, 0.6) is 5.75 Å². The fourth-order valence-corrected chi connectivity index (χ4v) is 3.89. The van der Waals surface area contributed by atoms with Gasteiger partial charge in [0.1, 0.15) is 10.7 Å². The molecule has 1 amide bonds. The highest BCUT2D eigenvalue weighted by molar-refractivity contribution is 7.20. The van der Waals surface area contributed by atoms with Crippen LogP contribution in [0.1, 0.15) is 45.5 Å². The molecule has 1 saturated carbocycles. The molecule has 6 nitrogen and oxygen atoms in total. The first-order valence-corrected chi connectivity index (χ1v) is 8.59. The second-order valence-electron chi connectivity index (χ2n) is 6.00. The van der Waals surface area contributed by atoms with E-state index in [4.69, 9.17) is 0 Å². The van der Waals surface area contributed by atoms with Crippen LogP contribution < -0.4 is 5.32 Å². The largest absolute Gasteiger partial charge is 0.504 e. The molecule has 0 atom stereocenters. The normalized spacial score (nSPS) is 14.1. The average Bonchev–Trinajstić information content (AvgIpc) is 3.34. The second-order valence-corrected chi connectivity index (χ2v) is 7.00. The van der Waals surface area contributed by atoms with Gasteiger partial charge in [-0.15, -0.1) is 11.3 Å². The van der Waals surface area contributed by atoms with Gasteiger partial charge in [0.2, 0.25) is 0 Å². The number of aromatic nitrogens is 3. The average molecular weight is 340 g/mol. The molecule has 2 N–H and O–H groups in total. The van der Waals surface area contributed by atoms with E-state index in [1.165, 1.54) is 23.6 Å².